The molecule has 126 valence electrons. The van der Waals surface area contributed by atoms with Crippen LogP contribution in [0.5, 0.6) is 5.75 Å². The van der Waals surface area contributed by atoms with Crippen molar-refractivity contribution in [3.8, 4) is 17.1 Å². The third-order valence-corrected chi connectivity index (χ3v) is 3.74. The molecule has 2 N–H and O–H groups in total. The minimum Gasteiger partial charge on any atom is -0.497 e. The van der Waals surface area contributed by atoms with Crippen molar-refractivity contribution >= 4 is 0 Å². The summed E-state index contributed by atoms with van der Waals surface area (Å²) in [6, 6.07) is 7.38. The van der Waals surface area contributed by atoms with E-state index in [1.165, 1.54) is 0 Å². The number of aromatic nitrogens is 3. The second kappa shape index (κ2) is 7.29. The summed E-state index contributed by atoms with van der Waals surface area (Å²) in [4.78, 5) is 4.28. The number of benzene rings is 1. The van der Waals surface area contributed by atoms with Crippen LogP contribution in [0, 0.1) is 0 Å². The van der Waals surface area contributed by atoms with Crippen LogP contribution in [-0.4, -0.2) is 33.6 Å². The van der Waals surface area contributed by atoms with Gasteiger partial charge in [0.1, 0.15) is 5.75 Å². The van der Waals surface area contributed by atoms with Gasteiger partial charge in [-0.05, 0) is 24.3 Å². The van der Waals surface area contributed by atoms with E-state index in [4.69, 9.17) is 9.15 Å². The Balaban J connectivity index is 1.64. The summed E-state index contributed by atoms with van der Waals surface area (Å²) in [6.07, 6.45) is 5.29. The fourth-order valence-corrected chi connectivity index (χ4v) is 2.40. The Bertz CT molecular complexity index is 779. The van der Waals surface area contributed by atoms with Crippen LogP contribution in [-0.2, 0) is 13.6 Å². The predicted octanol–water partition coefficient (Wildman–Crippen LogP) is 1.91. The molecule has 7 nitrogen and oxygen atoms in total. The maximum absolute atomic E-state index is 9.54. The van der Waals surface area contributed by atoms with Crippen molar-refractivity contribution in [1.82, 2.24) is 20.1 Å². The number of nitrogens with one attached hydrogen (secondary N) is 1. The standard InChI is InChI=1S/C17H20N4O3/c1-21-10-13(7-20-21)15(11-22)18-9-17-19-8-16(24-17)12-3-5-14(23-2)6-4-12/h3-8,10,15,18,22H,9,11H2,1-2H3. The number of methoxy groups -OCH3 is 1. The first-order valence-electron chi connectivity index (χ1n) is 7.61. The summed E-state index contributed by atoms with van der Waals surface area (Å²) in [5.74, 6) is 2.04. The van der Waals surface area contributed by atoms with Crippen LogP contribution in [0.15, 0.2) is 47.3 Å². The second-order valence-corrected chi connectivity index (χ2v) is 5.41. The van der Waals surface area contributed by atoms with Crippen molar-refractivity contribution in [3.05, 3.63) is 54.3 Å². The van der Waals surface area contributed by atoms with Gasteiger partial charge in [-0.15, -0.1) is 0 Å². The minimum absolute atomic E-state index is 0.0300. The summed E-state index contributed by atoms with van der Waals surface area (Å²) in [6.45, 7) is 0.383. The normalized spacial score (nSPS) is 12.3. The van der Waals surface area contributed by atoms with Crippen LogP contribution in [0.25, 0.3) is 11.3 Å². The van der Waals surface area contributed by atoms with Gasteiger partial charge in [-0.2, -0.15) is 5.10 Å². The van der Waals surface area contributed by atoms with Gasteiger partial charge in [0.05, 0.1) is 38.7 Å². The number of hydrogen-bond donors (Lipinski definition) is 2. The smallest absolute Gasteiger partial charge is 0.208 e. The Hall–Kier alpha value is -2.64. The molecule has 0 fully saturated rings. The molecule has 1 unspecified atom stereocenters. The van der Waals surface area contributed by atoms with Crippen molar-refractivity contribution in [2.45, 2.75) is 12.6 Å². The zero-order valence-electron chi connectivity index (χ0n) is 13.6. The van der Waals surface area contributed by atoms with Crippen LogP contribution in [0.2, 0.25) is 0 Å². The first kappa shape index (κ1) is 16.2. The van der Waals surface area contributed by atoms with E-state index in [9.17, 15) is 5.11 Å². The van der Waals surface area contributed by atoms with Gasteiger partial charge >= 0.3 is 0 Å². The number of nitrogens with zero attached hydrogens (tertiary/aromatic N) is 3. The Morgan fingerprint density at radius 1 is 1.29 bits per heavy atom. The van der Waals surface area contributed by atoms with E-state index in [-0.39, 0.29) is 12.6 Å². The van der Waals surface area contributed by atoms with E-state index in [1.54, 1.807) is 24.2 Å². The third kappa shape index (κ3) is 3.64. The Kier molecular flexibility index (Phi) is 4.93. The molecule has 1 atom stereocenters. The lowest BCUT2D eigenvalue weighted by atomic mass is 10.2. The van der Waals surface area contributed by atoms with E-state index < -0.39 is 0 Å². The topological polar surface area (TPSA) is 85.3 Å². The summed E-state index contributed by atoms with van der Waals surface area (Å²) in [7, 11) is 3.47. The van der Waals surface area contributed by atoms with Crippen molar-refractivity contribution in [1.29, 1.82) is 0 Å². The number of rotatable bonds is 7. The SMILES string of the molecule is COc1ccc(-c2cnc(CNC(CO)c3cnn(C)c3)o2)cc1. The van der Waals surface area contributed by atoms with Gasteiger partial charge in [-0.25, -0.2) is 4.98 Å². The Labute approximate surface area is 139 Å². The summed E-state index contributed by atoms with van der Waals surface area (Å²) in [5.41, 5.74) is 1.85. The quantitative estimate of drug-likeness (QED) is 0.689. The van der Waals surface area contributed by atoms with Gasteiger partial charge in [-0.1, -0.05) is 0 Å². The van der Waals surface area contributed by atoms with E-state index in [2.05, 4.69) is 15.4 Å². The molecule has 0 aliphatic carbocycles. The van der Waals surface area contributed by atoms with E-state index >= 15 is 0 Å². The summed E-state index contributed by atoms with van der Waals surface area (Å²) in [5, 5.41) is 16.9. The molecule has 7 heteroatoms. The average Bonchev–Trinajstić information content (AvgIpc) is 3.25. The highest BCUT2D eigenvalue weighted by Crippen LogP contribution is 2.23. The molecule has 0 saturated heterocycles. The fourth-order valence-electron chi connectivity index (χ4n) is 2.40. The number of oxazole rings is 1. The van der Waals surface area contributed by atoms with Crippen molar-refractivity contribution in [3.63, 3.8) is 0 Å². The lowest BCUT2D eigenvalue weighted by Crippen LogP contribution is -2.23. The van der Waals surface area contributed by atoms with Gasteiger partial charge in [0.25, 0.3) is 0 Å². The highest BCUT2D eigenvalue weighted by molar-refractivity contribution is 5.57. The zero-order chi connectivity index (χ0) is 16.9. The lowest BCUT2D eigenvalue weighted by molar-refractivity contribution is 0.240. The summed E-state index contributed by atoms with van der Waals surface area (Å²) < 4.78 is 12.6. The largest absolute Gasteiger partial charge is 0.497 e. The van der Waals surface area contributed by atoms with Crippen LogP contribution in [0.3, 0.4) is 0 Å². The van der Waals surface area contributed by atoms with Gasteiger partial charge < -0.3 is 14.3 Å². The van der Waals surface area contributed by atoms with Crippen molar-refractivity contribution in [2.24, 2.45) is 7.05 Å². The van der Waals surface area contributed by atoms with Crippen molar-refractivity contribution < 1.29 is 14.3 Å². The van der Waals surface area contributed by atoms with Gasteiger partial charge in [-0.3, -0.25) is 10.00 Å². The van der Waals surface area contributed by atoms with E-state index in [0.29, 0.717) is 18.2 Å². The zero-order valence-corrected chi connectivity index (χ0v) is 13.6. The average molecular weight is 328 g/mol. The molecule has 3 rings (SSSR count). The first-order valence-corrected chi connectivity index (χ1v) is 7.61. The molecule has 24 heavy (non-hydrogen) atoms. The summed E-state index contributed by atoms with van der Waals surface area (Å²) >= 11 is 0. The highest BCUT2D eigenvalue weighted by atomic mass is 16.5. The second-order valence-electron chi connectivity index (χ2n) is 5.41. The maximum Gasteiger partial charge on any atom is 0.208 e. The minimum atomic E-state index is -0.213. The number of aliphatic hydroxyl groups excluding tert-OH is 1. The van der Waals surface area contributed by atoms with Crippen LogP contribution in [0.1, 0.15) is 17.5 Å². The molecular formula is C17H20N4O3. The maximum atomic E-state index is 9.54. The Morgan fingerprint density at radius 3 is 2.71 bits per heavy atom. The molecule has 1 aromatic carbocycles. The third-order valence-electron chi connectivity index (χ3n) is 3.74. The first-order chi connectivity index (χ1) is 11.7. The van der Waals surface area contributed by atoms with Gasteiger partial charge in [0, 0.05) is 24.4 Å². The molecule has 2 heterocycles. The number of aryl methyl sites for hydroxylation is 1. The van der Waals surface area contributed by atoms with Gasteiger partial charge in [0.2, 0.25) is 5.89 Å². The number of ether oxygens (including phenoxy) is 1. The fraction of sp³-hybridized carbons (Fsp3) is 0.294. The monoisotopic (exact) mass is 328 g/mol. The molecule has 0 radical (unpaired) electrons. The molecule has 0 amide bonds. The molecule has 0 bridgehead atoms. The predicted molar refractivity (Wildman–Crippen MR) is 88.4 cm³/mol. The van der Waals surface area contributed by atoms with Crippen LogP contribution < -0.4 is 10.1 Å². The molecule has 0 aliphatic rings. The van der Waals surface area contributed by atoms with Gasteiger partial charge in [0.15, 0.2) is 5.76 Å². The number of hydrogen-bond acceptors (Lipinski definition) is 6. The molecule has 0 saturated carbocycles. The molecular weight excluding hydrogens is 308 g/mol. The molecule has 3 aromatic rings. The highest BCUT2D eigenvalue weighted by Gasteiger charge is 2.13. The molecule has 0 spiro atoms. The lowest BCUT2D eigenvalue weighted by Gasteiger charge is -2.12. The molecule has 2 aromatic heterocycles. The van der Waals surface area contributed by atoms with Crippen LogP contribution >= 0.6 is 0 Å². The van der Waals surface area contributed by atoms with Crippen LogP contribution in [0.4, 0.5) is 0 Å². The number of aliphatic hydroxyl groups is 1. The van der Waals surface area contributed by atoms with E-state index in [0.717, 1.165) is 16.9 Å². The molecule has 0 aliphatic heterocycles. The van der Waals surface area contributed by atoms with E-state index in [1.807, 2.05) is 37.5 Å². The van der Waals surface area contributed by atoms with Crippen molar-refractivity contribution in [2.75, 3.05) is 13.7 Å². The Morgan fingerprint density at radius 2 is 2.08 bits per heavy atom.